The molecule has 0 fully saturated rings. The number of carbonyl (C=O) groups excluding carboxylic acids is 1. The van der Waals surface area contributed by atoms with Crippen molar-refractivity contribution in [2.75, 3.05) is 6.54 Å². The topological polar surface area (TPSA) is 55.5 Å². The highest BCUT2D eigenvalue weighted by molar-refractivity contribution is 5.83. The molecule has 0 aromatic rings. The Hall–Kier alpha value is -0.700. The predicted octanol–water partition coefficient (Wildman–Crippen LogP) is -0.438. The fraction of sp³-hybridized carbons (Fsp3) is 0.500. The van der Waals surface area contributed by atoms with Gasteiger partial charge in [-0.15, -0.1) is 0 Å². The minimum atomic E-state index is -0.203. The first-order valence-electron chi connectivity index (χ1n) is 2.00. The van der Waals surface area contributed by atoms with E-state index in [0.717, 1.165) is 0 Å². The lowest BCUT2D eigenvalue weighted by atomic mass is 10.7. The van der Waals surface area contributed by atoms with Gasteiger partial charge in [-0.2, -0.15) is 0 Å². The summed E-state index contributed by atoms with van der Waals surface area (Å²) in [5.41, 5.74) is 4.98. The Bertz CT molecular complexity index is 87.7. The number of hydrogen-bond donors (Lipinski definition) is 1. The van der Waals surface area contributed by atoms with Gasteiger partial charge in [0.15, 0.2) is 0 Å². The second kappa shape index (κ2) is 3.49. The molecule has 0 aliphatic rings. The Balaban J connectivity index is 3.26. The molecule has 0 atom stereocenters. The zero-order valence-corrected chi connectivity index (χ0v) is 4.22. The molecule has 0 spiro atoms. The molecule has 2 N–H and O–H groups in total. The maximum atomic E-state index is 9.95. The number of amides is 1. The third-order valence-corrected chi connectivity index (χ3v) is 0.379. The van der Waals surface area contributed by atoms with E-state index in [0.29, 0.717) is 6.54 Å². The smallest absolute Gasteiger partial charge is 0.242 e. The van der Waals surface area contributed by atoms with Crippen LogP contribution in [0.2, 0.25) is 0 Å². The quantitative estimate of drug-likeness (QED) is 0.454. The van der Waals surface area contributed by atoms with Gasteiger partial charge in [0.2, 0.25) is 5.91 Å². The van der Waals surface area contributed by atoms with Crippen molar-refractivity contribution in [3.8, 4) is 0 Å². The average molecular weight is 100 g/mol. The van der Waals surface area contributed by atoms with Gasteiger partial charge < -0.3 is 5.73 Å². The Kier molecular flexibility index (Phi) is 3.14. The summed E-state index contributed by atoms with van der Waals surface area (Å²) in [4.78, 5) is 13.3. The van der Waals surface area contributed by atoms with Crippen LogP contribution in [0.3, 0.4) is 0 Å². The molecule has 40 valence electrons. The Morgan fingerprint density at radius 2 is 2.57 bits per heavy atom. The summed E-state index contributed by atoms with van der Waals surface area (Å²) in [7, 11) is 0. The summed E-state index contributed by atoms with van der Waals surface area (Å²) >= 11 is 0. The van der Waals surface area contributed by atoms with Crippen LogP contribution in [0.15, 0.2) is 4.99 Å². The van der Waals surface area contributed by atoms with E-state index in [-0.39, 0.29) is 5.91 Å². The van der Waals surface area contributed by atoms with Crippen LogP contribution in [0, 0.1) is 0 Å². The third-order valence-electron chi connectivity index (χ3n) is 0.379. The average Bonchev–Trinajstić information content (AvgIpc) is 1.61. The van der Waals surface area contributed by atoms with E-state index in [1.54, 1.807) is 0 Å². The molecule has 7 heavy (non-hydrogen) atoms. The first-order chi connectivity index (χ1) is 3.27. The van der Waals surface area contributed by atoms with E-state index in [4.69, 9.17) is 5.73 Å². The molecule has 0 unspecified atom stereocenters. The fourth-order valence-electron chi connectivity index (χ4n) is 0.181. The van der Waals surface area contributed by atoms with Crippen molar-refractivity contribution < 1.29 is 4.79 Å². The third kappa shape index (κ3) is 5.30. The van der Waals surface area contributed by atoms with Crippen molar-refractivity contribution in [2.24, 2.45) is 10.7 Å². The van der Waals surface area contributed by atoms with E-state index in [9.17, 15) is 4.79 Å². The molecule has 0 bridgehead atoms. The molecule has 0 saturated heterocycles. The summed E-state index contributed by atoms with van der Waals surface area (Å²) in [5, 5.41) is 0. The lowest BCUT2D eigenvalue weighted by molar-refractivity contribution is -0.115. The van der Waals surface area contributed by atoms with Crippen LogP contribution < -0.4 is 5.73 Å². The zero-order chi connectivity index (χ0) is 5.70. The minimum Gasteiger partial charge on any atom is -0.326 e. The summed E-state index contributed by atoms with van der Waals surface area (Å²) < 4.78 is 0. The first kappa shape index (κ1) is 6.30. The van der Waals surface area contributed by atoms with Gasteiger partial charge in [0.25, 0.3) is 0 Å². The fourth-order valence-corrected chi connectivity index (χ4v) is 0.181. The van der Waals surface area contributed by atoms with Crippen LogP contribution in [-0.2, 0) is 4.79 Å². The highest BCUT2D eigenvalue weighted by Gasteiger charge is 1.76. The Morgan fingerprint density at radius 3 is 2.71 bits per heavy atom. The van der Waals surface area contributed by atoms with Crippen molar-refractivity contribution in [2.45, 2.75) is 6.92 Å². The molecule has 0 rings (SSSR count). The van der Waals surface area contributed by atoms with E-state index < -0.39 is 0 Å². The minimum absolute atomic E-state index is 0.203. The van der Waals surface area contributed by atoms with Crippen LogP contribution in [0.25, 0.3) is 0 Å². The molecule has 0 aromatic heterocycles. The molecule has 3 nitrogen and oxygen atoms in total. The number of aliphatic imine (C=N–C) groups is 1. The van der Waals surface area contributed by atoms with Gasteiger partial charge in [-0.3, -0.25) is 4.79 Å². The molecule has 0 aliphatic carbocycles. The summed E-state index contributed by atoms with van der Waals surface area (Å²) in [6, 6.07) is 0. The lowest BCUT2D eigenvalue weighted by Gasteiger charge is -1.75. The number of nitrogens with zero attached hydrogens (tertiary/aromatic N) is 1. The normalized spacial score (nSPS) is 10.0. The maximum Gasteiger partial charge on any atom is 0.242 e. The van der Waals surface area contributed by atoms with Gasteiger partial charge in [0.1, 0.15) is 0 Å². The number of nitrogens with two attached hydrogens (primary N) is 1. The van der Waals surface area contributed by atoms with E-state index in [2.05, 4.69) is 4.99 Å². The second-order valence-corrected chi connectivity index (χ2v) is 1.07. The van der Waals surface area contributed by atoms with Crippen LogP contribution in [-0.4, -0.2) is 18.7 Å². The summed E-state index contributed by atoms with van der Waals surface area (Å²) in [5.74, 6) is -0.203. The van der Waals surface area contributed by atoms with Crippen molar-refractivity contribution in [3.63, 3.8) is 0 Å². The maximum absolute atomic E-state index is 9.95. The summed E-state index contributed by atoms with van der Waals surface area (Å²) in [6.45, 7) is 1.71. The number of hydrogen-bond acceptors (Lipinski definition) is 2. The molecule has 0 aliphatic heterocycles. The highest BCUT2D eigenvalue weighted by Crippen LogP contribution is 1.64. The molecule has 1 amide bonds. The van der Waals surface area contributed by atoms with Gasteiger partial charge in [-0.1, -0.05) is 0 Å². The van der Waals surface area contributed by atoms with Gasteiger partial charge in [-0.25, -0.2) is 4.99 Å². The molecule has 3 heteroatoms. The molecular formula is C4H8N2O. The van der Waals surface area contributed by atoms with Gasteiger partial charge in [0, 0.05) is 19.7 Å². The Morgan fingerprint density at radius 1 is 2.00 bits per heavy atom. The van der Waals surface area contributed by atoms with Crippen molar-refractivity contribution >= 4 is 12.1 Å². The molecule has 0 saturated carbocycles. The van der Waals surface area contributed by atoms with E-state index >= 15 is 0 Å². The van der Waals surface area contributed by atoms with Gasteiger partial charge >= 0.3 is 0 Å². The van der Waals surface area contributed by atoms with Crippen LogP contribution in [0.5, 0.6) is 0 Å². The van der Waals surface area contributed by atoms with Gasteiger partial charge in [-0.05, 0) is 0 Å². The summed E-state index contributed by atoms with van der Waals surface area (Å²) in [6.07, 6.45) is 1.38. The van der Waals surface area contributed by atoms with Crippen molar-refractivity contribution in [3.05, 3.63) is 0 Å². The zero-order valence-electron chi connectivity index (χ0n) is 4.22. The number of rotatable bonds is 1. The van der Waals surface area contributed by atoms with Crippen LogP contribution >= 0.6 is 0 Å². The predicted molar refractivity (Wildman–Crippen MR) is 28.2 cm³/mol. The largest absolute Gasteiger partial charge is 0.326 e. The lowest BCUT2D eigenvalue weighted by Crippen LogP contribution is -2.00. The van der Waals surface area contributed by atoms with E-state index in [1.807, 2.05) is 0 Å². The van der Waals surface area contributed by atoms with Crippen molar-refractivity contribution in [1.29, 1.82) is 0 Å². The van der Waals surface area contributed by atoms with Crippen LogP contribution in [0.4, 0.5) is 0 Å². The standard InChI is InChI=1S/C4H8N2O/c1-4(7)6-3-2-5/h3H,2,5H2,1H3. The van der Waals surface area contributed by atoms with Crippen molar-refractivity contribution in [1.82, 2.24) is 0 Å². The van der Waals surface area contributed by atoms with E-state index in [1.165, 1.54) is 13.1 Å². The molecular weight excluding hydrogens is 92.1 g/mol. The Labute approximate surface area is 42.2 Å². The molecule has 0 heterocycles. The monoisotopic (exact) mass is 100 g/mol. The SMILES string of the molecule is CC(=O)N=CCN. The molecule has 0 aromatic carbocycles. The second-order valence-electron chi connectivity index (χ2n) is 1.07. The van der Waals surface area contributed by atoms with Gasteiger partial charge in [0.05, 0.1) is 0 Å². The number of carbonyl (C=O) groups is 1. The van der Waals surface area contributed by atoms with Crippen LogP contribution in [0.1, 0.15) is 6.92 Å². The molecule has 0 radical (unpaired) electrons. The highest BCUT2D eigenvalue weighted by atomic mass is 16.1. The first-order valence-corrected chi connectivity index (χ1v) is 2.00.